The van der Waals surface area contributed by atoms with E-state index in [1.54, 1.807) is 4.90 Å². The van der Waals surface area contributed by atoms with Crippen LogP contribution in [0.15, 0.2) is 91.0 Å². The second-order valence-corrected chi connectivity index (χ2v) is 6.58. The number of para-hydroxylation sites is 2. The number of nitrogens with one attached hydrogen (secondary N) is 1. The number of carbonyl (C=O) groups excluding carboxylic acids is 2. The van der Waals surface area contributed by atoms with Gasteiger partial charge in [-0.25, -0.2) is 0 Å². The zero-order chi connectivity index (χ0) is 18.6. The zero-order valence-corrected chi connectivity index (χ0v) is 14.8. The van der Waals surface area contributed by atoms with Gasteiger partial charge in [-0.05, 0) is 29.8 Å². The van der Waals surface area contributed by atoms with Crippen LogP contribution in [0.5, 0.6) is 0 Å². The fraction of sp³-hybridized carbons (Fsp3) is 0.130. The van der Waals surface area contributed by atoms with Crippen molar-refractivity contribution in [2.45, 2.75) is 5.92 Å². The van der Waals surface area contributed by atoms with Crippen molar-refractivity contribution in [3.8, 4) is 0 Å². The van der Waals surface area contributed by atoms with Crippen molar-refractivity contribution in [3.63, 3.8) is 0 Å². The summed E-state index contributed by atoms with van der Waals surface area (Å²) in [6, 6.07) is 28.7. The zero-order valence-electron chi connectivity index (χ0n) is 14.8. The highest BCUT2D eigenvalue weighted by molar-refractivity contribution is 6.13. The summed E-state index contributed by atoms with van der Waals surface area (Å²) < 4.78 is 0. The summed E-state index contributed by atoms with van der Waals surface area (Å²) in [7, 11) is 0. The van der Waals surface area contributed by atoms with E-state index < -0.39 is 5.92 Å². The molecule has 4 heteroatoms. The van der Waals surface area contributed by atoms with Crippen molar-refractivity contribution in [2.24, 2.45) is 5.92 Å². The van der Waals surface area contributed by atoms with Crippen LogP contribution in [-0.2, 0) is 9.59 Å². The van der Waals surface area contributed by atoms with E-state index in [9.17, 15) is 9.59 Å². The summed E-state index contributed by atoms with van der Waals surface area (Å²) in [5, 5.41) is 2.87. The number of benzene rings is 3. The Balaban J connectivity index is 1.75. The van der Waals surface area contributed by atoms with Crippen molar-refractivity contribution in [3.05, 3.63) is 96.6 Å². The average molecular weight is 356 g/mol. The molecule has 0 radical (unpaired) electrons. The van der Waals surface area contributed by atoms with E-state index in [1.807, 2.05) is 91.0 Å². The molecule has 1 aliphatic heterocycles. The van der Waals surface area contributed by atoms with E-state index >= 15 is 0 Å². The van der Waals surface area contributed by atoms with E-state index in [2.05, 4.69) is 5.32 Å². The number of rotatable bonds is 4. The van der Waals surface area contributed by atoms with Crippen LogP contribution in [-0.4, -0.2) is 18.4 Å². The summed E-state index contributed by atoms with van der Waals surface area (Å²) in [5.41, 5.74) is 2.50. The smallest absolute Gasteiger partial charge is 0.244 e. The van der Waals surface area contributed by atoms with Crippen molar-refractivity contribution < 1.29 is 9.59 Å². The third-order valence-electron chi connectivity index (χ3n) is 4.92. The third-order valence-corrected chi connectivity index (χ3v) is 4.92. The molecule has 0 aromatic heterocycles. The number of anilines is 2. The number of hydrogen-bond donors (Lipinski definition) is 1. The van der Waals surface area contributed by atoms with E-state index in [0.717, 1.165) is 16.9 Å². The lowest BCUT2D eigenvalue weighted by molar-refractivity contribution is -0.131. The van der Waals surface area contributed by atoms with Gasteiger partial charge in [0.2, 0.25) is 11.8 Å². The molecule has 3 aromatic rings. The van der Waals surface area contributed by atoms with Gasteiger partial charge in [0.05, 0.1) is 0 Å². The standard InChI is InChI=1S/C23H20N2O2/c26-22-21(20(16-24-22)17-10-4-1-5-11-17)23(27)25(18-12-6-2-7-13-18)19-14-8-3-9-15-19/h1-15,20-21H,16H2,(H,24,26). The molecule has 2 amide bonds. The van der Waals surface area contributed by atoms with Crippen LogP contribution in [0.1, 0.15) is 11.5 Å². The maximum Gasteiger partial charge on any atom is 0.244 e. The van der Waals surface area contributed by atoms with Crippen LogP contribution in [0.4, 0.5) is 11.4 Å². The van der Waals surface area contributed by atoms with Crippen molar-refractivity contribution in [1.82, 2.24) is 5.32 Å². The van der Waals surface area contributed by atoms with Gasteiger partial charge in [0.25, 0.3) is 0 Å². The molecule has 3 aromatic carbocycles. The average Bonchev–Trinajstić information content (AvgIpc) is 3.12. The molecule has 2 atom stereocenters. The van der Waals surface area contributed by atoms with E-state index in [-0.39, 0.29) is 17.7 Å². The molecular weight excluding hydrogens is 336 g/mol. The molecule has 0 spiro atoms. The molecule has 0 bridgehead atoms. The van der Waals surface area contributed by atoms with Gasteiger partial charge in [-0.3, -0.25) is 14.5 Å². The van der Waals surface area contributed by atoms with Crippen molar-refractivity contribution in [2.75, 3.05) is 11.4 Å². The number of hydrogen-bond acceptors (Lipinski definition) is 2. The van der Waals surface area contributed by atoms with Gasteiger partial charge in [-0.2, -0.15) is 0 Å². The Morgan fingerprint density at radius 3 is 1.78 bits per heavy atom. The molecule has 1 aliphatic rings. The molecule has 4 rings (SSSR count). The van der Waals surface area contributed by atoms with Gasteiger partial charge in [0.1, 0.15) is 5.92 Å². The van der Waals surface area contributed by atoms with E-state index in [0.29, 0.717) is 6.54 Å². The van der Waals surface area contributed by atoms with Crippen LogP contribution >= 0.6 is 0 Å². The molecule has 134 valence electrons. The monoisotopic (exact) mass is 356 g/mol. The summed E-state index contributed by atoms with van der Waals surface area (Å²) in [5.74, 6) is -1.36. The molecular formula is C23H20N2O2. The van der Waals surface area contributed by atoms with Gasteiger partial charge < -0.3 is 5.32 Å². The van der Waals surface area contributed by atoms with Crippen molar-refractivity contribution in [1.29, 1.82) is 0 Å². The van der Waals surface area contributed by atoms with Crippen LogP contribution in [0.3, 0.4) is 0 Å². The van der Waals surface area contributed by atoms with Gasteiger partial charge in [0.15, 0.2) is 0 Å². The van der Waals surface area contributed by atoms with Gasteiger partial charge in [0, 0.05) is 23.8 Å². The first-order chi connectivity index (χ1) is 13.3. The highest BCUT2D eigenvalue weighted by Gasteiger charge is 2.43. The minimum absolute atomic E-state index is 0.180. The lowest BCUT2D eigenvalue weighted by Crippen LogP contribution is -2.38. The Morgan fingerprint density at radius 2 is 1.26 bits per heavy atom. The minimum atomic E-state index is -0.757. The Kier molecular flexibility index (Phi) is 4.71. The van der Waals surface area contributed by atoms with Crippen LogP contribution in [0, 0.1) is 5.92 Å². The summed E-state index contributed by atoms with van der Waals surface area (Å²) in [4.78, 5) is 27.9. The molecule has 1 N–H and O–H groups in total. The quantitative estimate of drug-likeness (QED) is 0.721. The predicted octanol–water partition coefficient (Wildman–Crippen LogP) is 3.88. The lowest BCUT2D eigenvalue weighted by Gasteiger charge is -2.27. The van der Waals surface area contributed by atoms with E-state index in [1.165, 1.54) is 0 Å². The molecule has 0 aliphatic carbocycles. The van der Waals surface area contributed by atoms with Gasteiger partial charge >= 0.3 is 0 Å². The van der Waals surface area contributed by atoms with Crippen molar-refractivity contribution >= 4 is 23.2 Å². The first kappa shape index (κ1) is 17.0. The SMILES string of the molecule is O=C1NCC(c2ccccc2)C1C(=O)N(c1ccccc1)c1ccccc1. The van der Waals surface area contributed by atoms with Crippen LogP contribution < -0.4 is 10.2 Å². The molecule has 2 unspecified atom stereocenters. The minimum Gasteiger partial charge on any atom is -0.355 e. The molecule has 27 heavy (non-hydrogen) atoms. The molecule has 0 saturated carbocycles. The summed E-state index contributed by atoms with van der Waals surface area (Å²) in [6.07, 6.45) is 0. The summed E-state index contributed by atoms with van der Waals surface area (Å²) >= 11 is 0. The maximum atomic E-state index is 13.6. The Morgan fingerprint density at radius 1 is 0.778 bits per heavy atom. The fourth-order valence-corrected chi connectivity index (χ4v) is 3.61. The topological polar surface area (TPSA) is 49.4 Å². The normalized spacial score (nSPS) is 18.7. The highest BCUT2D eigenvalue weighted by Crippen LogP contribution is 2.34. The molecule has 1 heterocycles. The third kappa shape index (κ3) is 3.34. The number of carbonyl (C=O) groups is 2. The van der Waals surface area contributed by atoms with Gasteiger partial charge in [-0.15, -0.1) is 0 Å². The number of nitrogens with zero attached hydrogens (tertiary/aromatic N) is 1. The Labute approximate surface area is 158 Å². The fourth-order valence-electron chi connectivity index (χ4n) is 3.61. The second kappa shape index (κ2) is 7.46. The maximum absolute atomic E-state index is 13.6. The lowest BCUT2D eigenvalue weighted by atomic mass is 9.87. The molecule has 4 nitrogen and oxygen atoms in total. The summed E-state index contributed by atoms with van der Waals surface area (Å²) in [6.45, 7) is 0.469. The number of amides is 2. The second-order valence-electron chi connectivity index (χ2n) is 6.58. The molecule has 1 fully saturated rings. The predicted molar refractivity (Wildman–Crippen MR) is 106 cm³/mol. The molecule has 1 saturated heterocycles. The Hall–Kier alpha value is -3.40. The first-order valence-corrected chi connectivity index (χ1v) is 9.02. The van der Waals surface area contributed by atoms with Crippen LogP contribution in [0.2, 0.25) is 0 Å². The largest absolute Gasteiger partial charge is 0.355 e. The Bertz CT molecular complexity index is 887. The van der Waals surface area contributed by atoms with Gasteiger partial charge in [-0.1, -0.05) is 66.7 Å². The highest BCUT2D eigenvalue weighted by atomic mass is 16.2. The van der Waals surface area contributed by atoms with Crippen LogP contribution in [0.25, 0.3) is 0 Å². The first-order valence-electron chi connectivity index (χ1n) is 9.02. The van der Waals surface area contributed by atoms with E-state index in [4.69, 9.17) is 0 Å².